The minimum absolute atomic E-state index is 0.124. The molecule has 3 aliphatic heterocycles. The molecule has 1 unspecified atom stereocenters. The molecule has 0 radical (unpaired) electrons. The van der Waals surface area contributed by atoms with E-state index in [4.69, 9.17) is 24.4 Å². The maximum Gasteiger partial charge on any atom is 0.410 e. The SMILES string of the molecule is CC(C)(Cc1ccccc1C1CCN(C(=O)OC(C)(C)C)CC1)Nc1nc(C2c3ccccc3CN2C(F)F)nc(N2CCOCC2)n1. The summed E-state index contributed by atoms with van der Waals surface area (Å²) in [6, 6.07) is 15.2. The summed E-state index contributed by atoms with van der Waals surface area (Å²) in [6.07, 6.45) is 2.13. The number of fused-ring (bicyclic) bond motifs is 1. The van der Waals surface area contributed by atoms with Crippen LogP contribution >= 0.6 is 0 Å². The lowest BCUT2D eigenvalue weighted by molar-refractivity contribution is -0.0444. The van der Waals surface area contributed by atoms with Gasteiger partial charge in [0.15, 0.2) is 5.82 Å². The molecule has 3 aromatic rings. The standard InChI is InChI=1S/C36H47F2N7O3/c1-35(2,3)48-34(46)44-16-14-24(15-17-44)27-12-8-6-10-25(27)22-36(4,5)42-32-39-30(40-33(41-32)43-18-20-47-21-19-43)29-28-13-9-7-11-26(28)23-45(29)31(37)38/h6-13,24,29,31H,14-23H2,1-5H3,(H,39,40,41,42). The fourth-order valence-electron chi connectivity index (χ4n) is 6.96. The Labute approximate surface area is 281 Å². The Hall–Kier alpha value is -3.90. The number of hydrogen-bond donors (Lipinski definition) is 1. The van der Waals surface area contributed by atoms with Crippen LogP contribution in [0.2, 0.25) is 0 Å². The molecule has 4 heterocycles. The molecule has 0 bridgehead atoms. The molecule has 0 spiro atoms. The second kappa shape index (κ2) is 13.9. The van der Waals surface area contributed by atoms with Gasteiger partial charge in [-0.05, 0) is 82.1 Å². The molecule has 2 saturated heterocycles. The molecule has 0 aliphatic carbocycles. The number of likely N-dealkylation sites (tertiary alicyclic amines) is 1. The number of anilines is 2. The van der Waals surface area contributed by atoms with Crippen molar-refractivity contribution in [3.63, 3.8) is 0 Å². The number of nitrogens with one attached hydrogen (secondary N) is 1. The van der Waals surface area contributed by atoms with Crippen molar-refractivity contribution in [3.05, 3.63) is 76.6 Å². The summed E-state index contributed by atoms with van der Waals surface area (Å²) < 4.78 is 40.0. The second-order valence-electron chi connectivity index (χ2n) is 14.6. The summed E-state index contributed by atoms with van der Waals surface area (Å²) in [5.41, 5.74) is 3.10. The normalized spacial score (nSPS) is 19.5. The molecule has 0 saturated carbocycles. The van der Waals surface area contributed by atoms with Gasteiger partial charge in [-0.1, -0.05) is 48.5 Å². The third-order valence-electron chi connectivity index (χ3n) is 9.19. The van der Waals surface area contributed by atoms with E-state index in [0.717, 1.165) is 28.9 Å². The van der Waals surface area contributed by atoms with E-state index in [-0.39, 0.29) is 12.6 Å². The summed E-state index contributed by atoms with van der Waals surface area (Å²) in [4.78, 5) is 32.1. The number of alkyl halides is 2. The number of morpholine rings is 1. The molecular formula is C36H47F2N7O3. The number of rotatable bonds is 8. The highest BCUT2D eigenvalue weighted by molar-refractivity contribution is 5.68. The van der Waals surface area contributed by atoms with E-state index >= 15 is 0 Å². The van der Waals surface area contributed by atoms with Crippen LogP contribution in [0.5, 0.6) is 0 Å². The molecule has 2 aromatic carbocycles. The van der Waals surface area contributed by atoms with Crippen molar-refractivity contribution in [2.45, 2.75) is 90.1 Å². The number of carbonyl (C=O) groups is 1. The van der Waals surface area contributed by atoms with Crippen molar-refractivity contribution in [1.82, 2.24) is 24.8 Å². The second-order valence-corrected chi connectivity index (χ2v) is 14.6. The third-order valence-corrected chi connectivity index (χ3v) is 9.19. The molecule has 2 fully saturated rings. The first-order valence-electron chi connectivity index (χ1n) is 16.9. The van der Waals surface area contributed by atoms with Gasteiger partial charge in [0.1, 0.15) is 11.6 Å². The zero-order valence-electron chi connectivity index (χ0n) is 28.6. The summed E-state index contributed by atoms with van der Waals surface area (Å²) in [5.74, 6) is 1.42. The lowest BCUT2D eigenvalue weighted by Crippen LogP contribution is -2.41. The number of piperidine rings is 1. The summed E-state index contributed by atoms with van der Waals surface area (Å²) in [7, 11) is 0. The van der Waals surface area contributed by atoms with Gasteiger partial charge in [-0.25, -0.2) is 9.69 Å². The molecule has 1 atom stereocenters. The number of benzene rings is 2. The van der Waals surface area contributed by atoms with Crippen molar-refractivity contribution < 1.29 is 23.0 Å². The van der Waals surface area contributed by atoms with Crippen molar-refractivity contribution in [3.8, 4) is 0 Å². The van der Waals surface area contributed by atoms with E-state index in [1.807, 2.05) is 49.9 Å². The van der Waals surface area contributed by atoms with E-state index in [0.29, 0.717) is 69.5 Å². The first-order valence-corrected chi connectivity index (χ1v) is 16.9. The fraction of sp³-hybridized carbons (Fsp3) is 0.556. The van der Waals surface area contributed by atoms with E-state index in [9.17, 15) is 13.6 Å². The van der Waals surface area contributed by atoms with Gasteiger partial charge in [0, 0.05) is 38.3 Å². The number of aromatic nitrogens is 3. The zero-order valence-corrected chi connectivity index (χ0v) is 28.6. The van der Waals surface area contributed by atoms with Crippen molar-refractivity contribution in [2.24, 2.45) is 0 Å². The Bertz CT molecular complexity index is 1580. The van der Waals surface area contributed by atoms with Crippen molar-refractivity contribution in [2.75, 3.05) is 49.6 Å². The zero-order chi connectivity index (χ0) is 34.1. The summed E-state index contributed by atoms with van der Waals surface area (Å²) >= 11 is 0. The monoisotopic (exact) mass is 663 g/mol. The quantitative estimate of drug-likeness (QED) is 0.276. The molecule has 48 heavy (non-hydrogen) atoms. The molecule has 10 nitrogen and oxygen atoms in total. The van der Waals surface area contributed by atoms with Gasteiger partial charge in [0.2, 0.25) is 11.9 Å². The third kappa shape index (κ3) is 7.86. The van der Waals surface area contributed by atoms with Crippen LogP contribution in [0.15, 0.2) is 48.5 Å². The molecule has 1 amide bonds. The molecular weight excluding hydrogens is 616 g/mol. The largest absolute Gasteiger partial charge is 0.444 e. The van der Waals surface area contributed by atoms with Crippen LogP contribution in [-0.4, -0.2) is 87.9 Å². The molecule has 1 aromatic heterocycles. The lowest BCUT2D eigenvalue weighted by atomic mass is 9.83. The Balaban J connectivity index is 1.24. The van der Waals surface area contributed by atoms with Crippen LogP contribution in [0.25, 0.3) is 0 Å². The smallest absolute Gasteiger partial charge is 0.410 e. The van der Waals surface area contributed by atoms with Gasteiger partial charge in [0.25, 0.3) is 6.55 Å². The molecule has 1 N–H and O–H groups in total. The summed E-state index contributed by atoms with van der Waals surface area (Å²) in [5, 5.41) is 3.56. The Morgan fingerprint density at radius 2 is 1.60 bits per heavy atom. The number of hydrogen-bond acceptors (Lipinski definition) is 9. The van der Waals surface area contributed by atoms with Crippen LogP contribution < -0.4 is 10.2 Å². The van der Waals surface area contributed by atoms with E-state index in [1.54, 1.807) is 4.90 Å². The highest BCUT2D eigenvalue weighted by Crippen LogP contribution is 2.40. The van der Waals surface area contributed by atoms with Gasteiger partial charge in [-0.15, -0.1) is 0 Å². The number of nitrogens with zero attached hydrogens (tertiary/aromatic N) is 6. The van der Waals surface area contributed by atoms with Gasteiger partial charge in [-0.2, -0.15) is 23.7 Å². The molecule has 12 heteroatoms. The van der Waals surface area contributed by atoms with Gasteiger partial charge >= 0.3 is 6.09 Å². The minimum Gasteiger partial charge on any atom is -0.444 e. The summed E-state index contributed by atoms with van der Waals surface area (Å²) in [6.45, 7) is 10.9. The Kier molecular flexibility index (Phi) is 9.85. The maximum atomic E-state index is 14.4. The van der Waals surface area contributed by atoms with E-state index < -0.39 is 23.7 Å². The van der Waals surface area contributed by atoms with Gasteiger partial charge in [0.05, 0.1) is 13.2 Å². The Morgan fingerprint density at radius 3 is 2.29 bits per heavy atom. The van der Waals surface area contributed by atoms with Crippen LogP contribution in [-0.2, 0) is 22.4 Å². The van der Waals surface area contributed by atoms with Gasteiger partial charge < -0.3 is 24.6 Å². The Morgan fingerprint density at radius 1 is 0.938 bits per heavy atom. The average molecular weight is 664 g/mol. The van der Waals surface area contributed by atoms with E-state index in [2.05, 4.69) is 43.4 Å². The first-order chi connectivity index (χ1) is 22.9. The van der Waals surface area contributed by atoms with Crippen LogP contribution in [0.1, 0.15) is 87.5 Å². The highest BCUT2D eigenvalue weighted by atomic mass is 19.3. The maximum absolute atomic E-state index is 14.4. The van der Waals surface area contributed by atoms with E-state index in [1.165, 1.54) is 11.1 Å². The predicted molar refractivity (Wildman–Crippen MR) is 180 cm³/mol. The highest BCUT2D eigenvalue weighted by Gasteiger charge is 2.39. The molecule has 3 aliphatic rings. The van der Waals surface area contributed by atoms with Crippen molar-refractivity contribution >= 4 is 18.0 Å². The number of halogens is 2. The predicted octanol–water partition coefficient (Wildman–Crippen LogP) is 6.38. The number of ether oxygens (including phenoxy) is 2. The number of carbonyl (C=O) groups excluding carboxylic acids is 1. The fourth-order valence-corrected chi connectivity index (χ4v) is 6.96. The minimum atomic E-state index is -2.67. The van der Waals surface area contributed by atoms with Gasteiger partial charge in [-0.3, -0.25) is 0 Å². The van der Waals surface area contributed by atoms with Crippen LogP contribution in [0.3, 0.4) is 0 Å². The topological polar surface area (TPSA) is 96.0 Å². The van der Waals surface area contributed by atoms with Crippen molar-refractivity contribution in [1.29, 1.82) is 0 Å². The lowest BCUT2D eigenvalue weighted by Gasteiger charge is -2.35. The first kappa shape index (κ1) is 34.0. The van der Waals surface area contributed by atoms with Crippen LogP contribution in [0, 0.1) is 0 Å². The molecule has 258 valence electrons. The molecule has 6 rings (SSSR count). The van der Waals surface area contributed by atoms with Crippen LogP contribution in [0.4, 0.5) is 25.5 Å². The number of amides is 1. The average Bonchev–Trinajstić information content (AvgIpc) is 3.44.